The van der Waals surface area contributed by atoms with E-state index in [1.165, 1.54) is 19.2 Å². The SMILES string of the molecule is COc1cc(CNC(=O)c2cc(C3=NOC(C4CCN(S(=O)(=O)C5CC5)CC4)C3)nc(C)n2)ccc1F. The van der Waals surface area contributed by atoms with Crippen molar-refractivity contribution in [3.63, 3.8) is 0 Å². The van der Waals surface area contributed by atoms with Gasteiger partial charge in [0.15, 0.2) is 11.6 Å². The van der Waals surface area contributed by atoms with Gasteiger partial charge in [-0.2, -0.15) is 0 Å². The van der Waals surface area contributed by atoms with Gasteiger partial charge in [-0.25, -0.2) is 27.1 Å². The number of hydrogen-bond acceptors (Lipinski definition) is 8. The van der Waals surface area contributed by atoms with E-state index in [1.54, 1.807) is 23.4 Å². The van der Waals surface area contributed by atoms with Crippen LogP contribution in [0.1, 0.15) is 59.7 Å². The Kier molecular flexibility index (Phi) is 7.13. The standard InChI is InChI=1S/C25H30FN5O5S/c1-15-28-20(12-22(29-15)25(32)27-14-16-3-6-19(26)24(11-16)35-2)21-13-23(36-30-21)17-7-9-31(10-8-17)37(33,34)18-4-5-18/h3,6,11-12,17-18,23H,4-5,7-10,13-14H2,1-2H3,(H,27,32). The van der Waals surface area contributed by atoms with E-state index in [2.05, 4.69) is 20.4 Å². The number of nitrogens with one attached hydrogen (secondary N) is 1. The number of sulfonamides is 1. The molecule has 2 aliphatic heterocycles. The van der Waals surface area contributed by atoms with Crippen LogP contribution in [0.25, 0.3) is 0 Å². The van der Waals surface area contributed by atoms with Crippen LogP contribution >= 0.6 is 0 Å². The van der Waals surface area contributed by atoms with Gasteiger partial charge in [0.05, 0.1) is 18.1 Å². The molecule has 1 N–H and O–H groups in total. The Hall–Kier alpha value is -3.12. The number of carbonyl (C=O) groups excluding carboxylic acids is 1. The van der Waals surface area contributed by atoms with Crippen molar-refractivity contribution in [3.05, 3.63) is 52.9 Å². The van der Waals surface area contributed by atoms with Crippen LogP contribution in [0, 0.1) is 18.7 Å². The molecule has 1 saturated heterocycles. The topological polar surface area (TPSA) is 123 Å². The largest absolute Gasteiger partial charge is 0.494 e. The summed E-state index contributed by atoms with van der Waals surface area (Å²) in [5.74, 6) is -0.132. The van der Waals surface area contributed by atoms with Crippen molar-refractivity contribution in [1.29, 1.82) is 0 Å². The minimum Gasteiger partial charge on any atom is -0.494 e. The molecule has 0 spiro atoms. The van der Waals surface area contributed by atoms with Crippen molar-refractivity contribution in [2.75, 3.05) is 20.2 Å². The minimum absolute atomic E-state index is 0.107. The number of piperidine rings is 1. The van der Waals surface area contributed by atoms with E-state index in [-0.39, 0.29) is 35.3 Å². The van der Waals surface area contributed by atoms with Crippen LogP contribution in [-0.4, -0.2) is 65.9 Å². The lowest BCUT2D eigenvalue weighted by Gasteiger charge is -2.33. The Morgan fingerprint density at radius 1 is 1.19 bits per heavy atom. The molecule has 5 rings (SSSR count). The van der Waals surface area contributed by atoms with Crippen LogP contribution in [0.4, 0.5) is 4.39 Å². The van der Waals surface area contributed by atoms with Crippen molar-refractivity contribution in [1.82, 2.24) is 19.6 Å². The molecule has 1 atom stereocenters. The van der Waals surface area contributed by atoms with Gasteiger partial charge in [-0.05, 0) is 56.4 Å². The Bertz CT molecular complexity index is 1320. The molecule has 1 amide bonds. The molecule has 3 aliphatic rings. The molecule has 2 aromatic rings. The van der Waals surface area contributed by atoms with E-state index >= 15 is 0 Å². The first kappa shape index (κ1) is 25.5. The van der Waals surface area contributed by atoms with E-state index < -0.39 is 21.7 Å². The molecule has 1 unspecified atom stereocenters. The van der Waals surface area contributed by atoms with Crippen molar-refractivity contribution in [3.8, 4) is 5.75 Å². The fraction of sp³-hybridized carbons (Fsp3) is 0.520. The van der Waals surface area contributed by atoms with Crippen molar-refractivity contribution < 1.29 is 27.2 Å². The van der Waals surface area contributed by atoms with Crippen molar-refractivity contribution >= 4 is 21.6 Å². The van der Waals surface area contributed by atoms with Crippen molar-refractivity contribution in [2.45, 2.75) is 56.9 Å². The number of benzene rings is 1. The summed E-state index contributed by atoms with van der Waals surface area (Å²) in [4.78, 5) is 27.2. The second-order valence-corrected chi connectivity index (χ2v) is 11.9. The maximum Gasteiger partial charge on any atom is 0.270 e. The number of carbonyl (C=O) groups is 1. The molecule has 2 fully saturated rings. The number of methoxy groups -OCH3 is 1. The number of aromatic nitrogens is 2. The third kappa shape index (κ3) is 5.59. The summed E-state index contributed by atoms with van der Waals surface area (Å²) in [6.07, 6.45) is 3.37. The van der Waals surface area contributed by atoms with Gasteiger partial charge in [-0.3, -0.25) is 4.79 Å². The number of ether oxygens (including phenoxy) is 1. The van der Waals surface area contributed by atoms with Gasteiger partial charge in [0.25, 0.3) is 5.91 Å². The Morgan fingerprint density at radius 3 is 2.65 bits per heavy atom. The molecule has 0 radical (unpaired) electrons. The molecule has 37 heavy (non-hydrogen) atoms. The molecular weight excluding hydrogens is 501 g/mol. The zero-order valence-corrected chi connectivity index (χ0v) is 21.6. The Balaban J connectivity index is 1.19. The average molecular weight is 532 g/mol. The number of hydrogen-bond donors (Lipinski definition) is 1. The van der Waals surface area contributed by atoms with E-state index in [4.69, 9.17) is 9.57 Å². The Morgan fingerprint density at radius 2 is 1.95 bits per heavy atom. The number of rotatable bonds is 8. The van der Waals surface area contributed by atoms with Gasteiger partial charge in [0, 0.05) is 32.0 Å². The van der Waals surface area contributed by atoms with Gasteiger partial charge in [0.2, 0.25) is 10.0 Å². The Labute approximate surface area is 215 Å². The number of aryl methyl sites for hydroxylation is 1. The third-order valence-corrected chi connectivity index (χ3v) is 9.46. The fourth-order valence-electron chi connectivity index (χ4n) is 4.80. The lowest BCUT2D eigenvalue weighted by atomic mass is 9.89. The molecule has 198 valence electrons. The number of amides is 1. The van der Waals surface area contributed by atoms with E-state index in [9.17, 15) is 17.6 Å². The van der Waals surface area contributed by atoms with Gasteiger partial charge >= 0.3 is 0 Å². The molecule has 3 heterocycles. The summed E-state index contributed by atoms with van der Waals surface area (Å²) in [5.41, 5.74) is 2.05. The van der Waals surface area contributed by atoms with Crippen LogP contribution in [0.2, 0.25) is 0 Å². The van der Waals surface area contributed by atoms with Crippen LogP contribution in [0.5, 0.6) is 5.75 Å². The maximum atomic E-state index is 13.6. The highest BCUT2D eigenvalue weighted by atomic mass is 32.2. The molecule has 1 aromatic carbocycles. The highest BCUT2D eigenvalue weighted by molar-refractivity contribution is 7.90. The predicted molar refractivity (Wildman–Crippen MR) is 133 cm³/mol. The highest BCUT2D eigenvalue weighted by Crippen LogP contribution is 2.35. The fourth-order valence-corrected chi connectivity index (χ4v) is 6.67. The normalized spacial score (nSPS) is 20.8. The number of halogens is 1. The average Bonchev–Trinajstić information content (AvgIpc) is 3.65. The summed E-state index contributed by atoms with van der Waals surface area (Å²) >= 11 is 0. The molecule has 1 aliphatic carbocycles. The monoisotopic (exact) mass is 531 g/mol. The first-order chi connectivity index (χ1) is 17.7. The van der Waals surface area contributed by atoms with Gasteiger partial charge in [-0.15, -0.1) is 0 Å². The van der Waals surface area contributed by atoms with Crippen LogP contribution in [0.3, 0.4) is 0 Å². The van der Waals surface area contributed by atoms with Crippen LogP contribution in [-0.2, 0) is 21.4 Å². The summed E-state index contributed by atoms with van der Waals surface area (Å²) < 4.78 is 45.3. The zero-order valence-electron chi connectivity index (χ0n) is 20.8. The summed E-state index contributed by atoms with van der Waals surface area (Å²) in [5, 5.41) is 6.85. The predicted octanol–water partition coefficient (Wildman–Crippen LogP) is 2.56. The smallest absolute Gasteiger partial charge is 0.270 e. The van der Waals surface area contributed by atoms with E-state index in [0.29, 0.717) is 42.3 Å². The van der Waals surface area contributed by atoms with E-state index in [1.807, 2.05) is 0 Å². The lowest BCUT2D eigenvalue weighted by molar-refractivity contribution is 0.0225. The first-order valence-corrected chi connectivity index (χ1v) is 13.9. The molecule has 1 saturated carbocycles. The number of nitrogens with zero attached hydrogens (tertiary/aromatic N) is 4. The van der Waals surface area contributed by atoms with Crippen LogP contribution in [0.15, 0.2) is 29.4 Å². The minimum atomic E-state index is -3.15. The first-order valence-electron chi connectivity index (χ1n) is 12.4. The summed E-state index contributed by atoms with van der Waals surface area (Å²) in [7, 11) is -1.77. The second-order valence-electron chi connectivity index (χ2n) is 9.70. The second kappa shape index (κ2) is 10.3. The molecule has 1 aromatic heterocycles. The molecule has 12 heteroatoms. The number of oxime groups is 1. The molecule has 0 bridgehead atoms. The molecule has 10 nitrogen and oxygen atoms in total. The maximum absolute atomic E-state index is 13.6. The van der Waals surface area contributed by atoms with Crippen molar-refractivity contribution in [2.24, 2.45) is 11.1 Å². The lowest BCUT2D eigenvalue weighted by Crippen LogP contribution is -2.42. The van der Waals surface area contributed by atoms with Gasteiger partial charge in [-0.1, -0.05) is 11.2 Å². The third-order valence-electron chi connectivity index (χ3n) is 7.06. The highest BCUT2D eigenvalue weighted by Gasteiger charge is 2.42. The quantitative estimate of drug-likeness (QED) is 0.555. The summed E-state index contributed by atoms with van der Waals surface area (Å²) in [6, 6.07) is 5.98. The van der Waals surface area contributed by atoms with Gasteiger partial charge < -0.3 is 14.9 Å². The zero-order chi connectivity index (χ0) is 26.2. The van der Waals surface area contributed by atoms with Crippen LogP contribution < -0.4 is 10.1 Å². The summed E-state index contributed by atoms with van der Waals surface area (Å²) in [6.45, 7) is 2.90. The van der Waals surface area contributed by atoms with E-state index in [0.717, 1.165) is 25.7 Å². The van der Waals surface area contributed by atoms with Gasteiger partial charge in [0.1, 0.15) is 23.3 Å². The molecular formula is C25H30FN5O5S.